The van der Waals surface area contributed by atoms with Gasteiger partial charge in [-0.25, -0.2) is 4.39 Å². The van der Waals surface area contributed by atoms with E-state index in [4.69, 9.17) is 0 Å². The highest BCUT2D eigenvalue weighted by molar-refractivity contribution is 5.89. The van der Waals surface area contributed by atoms with Crippen LogP contribution in [-0.2, 0) is 17.9 Å². The fourth-order valence-electron chi connectivity index (χ4n) is 5.27. The molecule has 0 radical (unpaired) electrons. The SMILES string of the molecule is CC(=O)Nc1ccc(-c2ccc(=O)n3c2[C@H]2C[C@@H](CN(Cc4ccc(F)cc4)C2)C3)cc1. The van der Waals surface area contributed by atoms with Crippen LogP contribution in [0.2, 0.25) is 0 Å². The van der Waals surface area contributed by atoms with Gasteiger partial charge in [-0.05, 0) is 53.8 Å². The van der Waals surface area contributed by atoms with E-state index in [0.717, 1.165) is 60.7 Å². The molecule has 0 spiro atoms. The van der Waals surface area contributed by atoms with E-state index in [1.54, 1.807) is 6.07 Å². The van der Waals surface area contributed by atoms with Crippen LogP contribution < -0.4 is 10.9 Å². The van der Waals surface area contributed by atoms with Gasteiger partial charge < -0.3 is 9.88 Å². The zero-order valence-corrected chi connectivity index (χ0v) is 18.1. The maximum absolute atomic E-state index is 13.3. The van der Waals surface area contributed by atoms with Gasteiger partial charge in [-0.3, -0.25) is 14.5 Å². The zero-order chi connectivity index (χ0) is 22.2. The van der Waals surface area contributed by atoms with Crippen LogP contribution in [0.3, 0.4) is 0 Å². The summed E-state index contributed by atoms with van der Waals surface area (Å²) >= 11 is 0. The van der Waals surface area contributed by atoms with E-state index < -0.39 is 0 Å². The minimum atomic E-state index is -0.216. The lowest BCUT2D eigenvalue weighted by molar-refractivity contribution is -0.114. The van der Waals surface area contributed by atoms with Crippen LogP contribution in [0.5, 0.6) is 0 Å². The predicted molar refractivity (Wildman–Crippen MR) is 123 cm³/mol. The summed E-state index contributed by atoms with van der Waals surface area (Å²) in [5, 5.41) is 2.80. The van der Waals surface area contributed by atoms with Crippen LogP contribution in [-0.4, -0.2) is 28.5 Å². The number of fused-ring (bicyclic) bond motifs is 4. The first kappa shape index (κ1) is 20.6. The molecule has 2 bridgehead atoms. The van der Waals surface area contributed by atoms with Crippen LogP contribution in [0.1, 0.15) is 30.5 Å². The van der Waals surface area contributed by atoms with Gasteiger partial charge in [-0.2, -0.15) is 0 Å². The number of hydrogen-bond donors (Lipinski definition) is 1. The number of piperidine rings is 1. The Bertz CT molecular complexity index is 1200. The van der Waals surface area contributed by atoms with Crippen molar-refractivity contribution in [2.45, 2.75) is 32.4 Å². The molecule has 6 heteroatoms. The van der Waals surface area contributed by atoms with Crippen molar-refractivity contribution in [3.8, 4) is 11.1 Å². The molecule has 0 unspecified atom stereocenters. The van der Waals surface area contributed by atoms with E-state index in [1.807, 2.05) is 47.0 Å². The molecule has 3 aromatic rings. The highest BCUT2D eigenvalue weighted by atomic mass is 19.1. The Labute approximate surface area is 186 Å². The minimum absolute atomic E-state index is 0.0558. The summed E-state index contributed by atoms with van der Waals surface area (Å²) in [4.78, 5) is 26.5. The number of pyridine rings is 1. The van der Waals surface area contributed by atoms with Crippen molar-refractivity contribution in [3.63, 3.8) is 0 Å². The Balaban J connectivity index is 1.45. The van der Waals surface area contributed by atoms with Crippen molar-refractivity contribution in [1.29, 1.82) is 0 Å². The van der Waals surface area contributed by atoms with Crippen LogP contribution in [0.4, 0.5) is 10.1 Å². The van der Waals surface area contributed by atoms with E-state index >= 15 is 0 Å². The molecule has 1 aromatic heterocycles. The molecule has 5 nitrogen and oxygen atoms in total. The molecule has 1 saturated heterocycles. The molecule has 164 valence electrons. The number of likely N-dealkylation sites (tertiary alicyclic amines) is 1. The molecule has 0 saturated carbocycles. The molecule has 32 heavy (non-hydrogen) atoms. The van der Waals surface area contributed by atoms with Gasteiger partial charge in [0.25, 0.3) is 5.56 Å². The van der Waals surface area contributed by atoms with Crippen molar-refractivity contribution in [3.05, 3.63) is 88.1 Å². The largest absolute Gasteiger partial charge is 0.326 e. The van der Waals surface area contributed by atoms with Gasteiger partial charge in [-0.15, -0.1) is 0 Å². The molecule has 1 fully saturated rings. The zero-order valence-electron chi connectivity index (χ0n) is 18.1. The van der Waals surface area contributed by atoms with Gasteiger partial charge >= 0.3 is 0 Å². The van der Waals surface area contributed by atoms with E-state index in [1.165, 1.54) is 19.1 Å². The quantitative estimate of drug-likeness (QED) is 0.673. The number of carbonyl (C=O) groups is 1. The summed E-state index contributed by atoms with van der Waals surface area (Å²) in [5.41, 5.74) is 5.13. The Morgan fingerprint density at radius 2 is 1.75 bits per heavy atom. The number of nitrogens with one attached hydrogen (secondary N) is 1. The predicted octanol–water partition coefficient (Wildman–Crippen LogP) is 4.23. The van der Waals surface area contributed by atoms with Crippen molar-refractivity contribution in [1.82, 2.24) is 9.47 Å². The summed E-state index contributed by atoms with van der Waals surface area (Å²) < 4.78 is 15.2. The molecule has 5 rings (SSSR count). The molecular weight excluding hydrogens is 405 g/mol. The molecule has 2 atom stereocenters. The van der Waals surface area contributed by atoms with E-state index in [2.05, 4.69) is 10.2 Å². The third-order valence-electron chi connectivity index (χ3n) is 6.50. The number of rotatable bonds is 4. The van der Waals surface area contributed by atoms with Gasteiger partial charge in [-0.1, -0.05) is 24.3 Å². The normalized spacial score (nSPS) is 19.9. The molecular formula is C26H26FN3O2. The highest BCUT2D eigenvalue weighted by Gasteiger charge is 2.36. The topological polar surface area (TPSA) is 54.3 Å². The first-order valence-corrected chi connectivity index (χ1v) is 11.0. The Kier molecular flexibility index (Phi) is 5.39. The number of nitrogens with zero attached hydrogens (tertiary/aromatic N) is 2. The summed E-state index contributed by atoms with van der Waals surface area (Å²) in [6.07, 6.45) is 1.07. The second-order valence-electron chi connectivity index (χ2n) is 8.96. The second kappa shape index (κ2) is 8.36. The maximum Gasteiger partial charge on any atom is 0.250 e. The number of benzene rings is 2. The van der Waals surface area contributed by atoms with Crippen LogP contribution in [0.15, 0.2) is 65.5 Å². The summed E-state index contributed by atoms with van der Waals surface area (Å²) in [5.74, 6) is 0.376. The fourth-order valence-corrected chi connectivity index (χ4v) is 5.27. The molecule has 3 heterocycles. The van der Waals surface area contributed by atoms with Gasteiger partial charge in [0.05, 0.1) is 0 Å². The average Bonchev–Trinajstić information content (AvgIpc) is 2.76. The van der Waals surface area contributed by atoms with E-state index in [0.29, 0.717) is 5.92 Å². The van der Waals surface area contributed by atoms with Crippen molar-refractivity contribution in [2.24, 2.45) is 5.92 Å². The molecule has 2 aromatic carbocycles. The lowest BCUT2D eigenvalue weighted by Crippen LogP contribution is -2.47. The minimum Gasteiger partial charge on any atom is -0.326 e. The standard InChI is InChI=1S/C26H26FN3O2/c1-17(31)28-23-8-4-20(5-9-23)24-10-11-25(32)30-15-19-12-21(26(24)30)16-29(14-19)13-18-2-6-22(27)7-3-18/h2-11,19,21H,12-16H2,1H3,(H,28,31)/t19-,21-/m0/s1. The molecule has 0 aliphatic carbocycles. The highest BCUT2D eigenvalue weighted by Crippen LogP contribution is 2.40. The Morgan fingerprint density at radius 1 is 1.00 bits per heavy atom. The van der Waals surface area contributed by atoms with Crippen molar-refractivity contribution in [2.75, 3.05) is 18.4 Å². The van der Waals surface area contributed by atoms with Gasteiger partial charge in [0, 0.05) is 62.0 Å². The lowest BCUT2D eigenvalue weighted by atomic mass is 9.80. The van der Waals surface area contributed by atoms with Gasteiger partial charge in [0.15, 0.2) is 0 Å². The monoisotopic (exact) mass is 431 g/mol. The molecule has 2 aliphatic heterocycles. The number of aromatic nitrogens is 1. The Morgan fingerprint density at radius 3 is 2.47 bits per heavy atom. The van der Waals surface area contributed by atoms with Gasteiger partial charge in [0.2, 0.25) is 5.91 Å². The number of hydrogen-bond acceptors (Lipinski definition) is 3. The van der Waals surface area contributed by atoms with E-state index in [9.17, 15) is 14.0 Å². The molecule has 1 N–H and O–H groups in total. The first-order chi connectivity index (χ1) is 15.5. The summed E-state index contributed by atoms with van der Waals surface area (Å²) in [6, 6.07) is 18.1. The smallest absolute Gasteiger partial charge is 0.250 e. The van der Waals surface area contributed by atoms with Crippen LogP contribution in [0, 0.1) is 11.7 Å². The second-order valence-corrected chi connectivity index (χ2v) is 8.96. The average molecular weight is 432 g/mol. The summed E-state index contributed by atoms with van der Waals surface area (Å²) in [7, 11) is 0. The van der Waals surface area contributed by atoms with Crippen molar-refractivity contribution >= 4 is 11.6 Å². The van der Waals surface area contributed by atoms with Gasteiger partial charge in [0.1, 0.15) is 5.82 Å². The molecule has 2 aliphatic rings. The van der Waals surface area contributed by atoms with E-state index in [-0.39, 0.29) is 23.2 Å². The molecule has 1 amide bonds. The van der Waals surface area contributed by atoms with Crippen molar-refractivity contribution < 1.29 is 9.18 Å². The number of halogens is 1. The Hall–Kier alpha value is -3.25. The van der Waals surface area contributed by atoms with Crippen LogP contribution in [0.25, 0.3) is 11.1 Å². The third kappa shape index (κ3) is 4.10. The fraction of sp³-hybridized carbons (Fsp3) is 0.308. The third-order valence-corrected chi connectivity index (χ3v) is 6.50. The number of amides is 1. The number of carbonyl (C=O) groups excluding carboxylic acids is 1. The van der Waals surface area contributed by atoms with Crippen LogP contribution >= 0.6 is 0 Å². The number of anilines is 1. The first-order valence-electron chi connectivity index (χ1n) is 11.0. The lowest BCUT2D eigenvalue weighted by Gasteiger charge is -2.43. The summed E-state index contributed by atoms with van der Waals surface area (Å²) in [6.45, 7) is 4.81. The maximum atomic E-state index is 13.3.